The number of rotatable bonds is 5. The molecule has 0 aliphatic rings. The third-order valence-electron chi connectivity index (χ3n) is 1.74. The first-order chi connectivity index (χ1) is 6.33. The van der Waals surface area contributed by atoms with E-state index < -0.39 is 0 Å². The maximum atomic E-state index is 11.1. The first-order valence-electron chi connectivity index (χ1n) is 4.59. The van der Waals surface area contributed by atoms with Gasteiger partial charge < -0.3 is 9.30 Å². The van der Waals surface area contributed by atoms with Crippen LogP contribution in [-0.2, 0) is 16.1 Å². The Hall–Kier alpha value is -1.25. The van der Waals surface area contributed by atoms with E-state index in [-0.39, 0.29) is 5.97 Å². The number of esters is 1. The molecule has 3 heteroatoms. The Bertz CT molecular complexity index is 241. The molecular weight excluding hydrogens is 166 g/mol. The lowest BCUT2D eigenvalue weighted by Gasteiger charge is -2.04. The highest BCUT2D eigenvalue weighted by atomic mass is 16.5. The molecule has 0 bridgehead atoms. The van der Waals surface area contributed by atoms with Crippen molar-refractivity contribution in [2.75, 3.05) is 6.61 Å². The molecule has 13 heavy (non-hydrogen) atoms. The van der Waals surface area contributed by atoms with Crippen LogP contribution in [0.4, 0.5) is 0 Å². The van der Waals surface area contributed by atoms with E-state index in [2.05, 4.69) is 6.92 Å². The van der Waals surface area contributed by atoms with Crippen LogP contribution in [0.15, 0.2) is 24.5 Å². The minimum Gasteiger partial charge on any atom is -0.464 e. The van der Waals surface area contributed by atoms with E-state index in [0.29, 0.717) is 13.2 Å². The van der Waals surface area contributed by atoms with Crippen molar-refractivity contribution < 1.29 is 9.53 Å². The molecule has 0 saturated heterocycles. The Balaban J connectivity index is 2.18. The predicted octanol–water partition coefficient (Wildman–Crippen LogP) is 1.83. The Morgan fingerprint density at radius 1 is 1.38 bits per heavy atom. The molecule has 0 aliphatic heterocycles. The number of nitrogens with zero attached hydrogens (tertiary/aromatic N) is 1. The second-order valence-electron chi connectivity index (χ2n) is 2.93. The van der Waals surface area contributed by atoms with Crippen LogP contribution in [0.2, 0.25) is 0 Å². The van der Waals surface area contributed by atoms with Gasteiger partial charge in [-0.25, -0.2) is 0 Å². The highest BCUT2D eigenvalue weighted by Gasteiger charge is 2.01. The van der Waals surface area contributed by atoms with Crippen LogP contribution < -0.4 is 0 Å². The topological polar surface area (TPSA) is 31.2 Å². The summed E-state index contributed by atoms with van der Waals surface area (Å²) in [5.74, 6) is -0.162. The molecule has 3 nitrogen and oxygen atoms in total. The summed E-state index contributed by atoms with van der Waals surface area (Å²) < 4.78 is 6.80. The average Bonchev–Trinajstić information content (AvgIpc) is 2.57. The normalized spacial score (nSPS) is 9.92. The quantitative estimate of drug-likeness (QED) is 0.512. The second kappa shape index (κ2) is 5.41. The van der Waals surface area contributed by atoms with Crippen LogP contribution in [0, 0.1) is 0 Å². The molecule has 0 spiro atoms. The Morgan fingerprint density at radius 2 is 2.08 bits per heavy atom. The summed E-state index contributed by atoms with van der Waals surface area (Å²) in [5.41, 5.74) is 0. The van der Waals surface area contributed by atoms with E-state index in [1.54, 1.807) is 4.57 Å². The summed E-state index contributed by atoms with van der Waals surface area (Å²) in [5, 5.41) is 0. The molecule has 72 valence electrons. The second-order valence-corrected chi connectivity index (χ2v) is 2.93. The minimum atomic E-state index is -0.162. The number of hydrogen-bond acceptors (Lipinski definition) is 2. The summed E-state index contributed by atoms with van der Waals surface area (Å²) in [4.78, 5) is 11.1. The fraction of sp³-hybridized carbons (Fsp3) is 0.500. The largest absolute Gasteiger partial charge is 0.464 e. The highest BCUT2D eigenvalue weighted by molar-refractivity contribution is 5.69. The van der Waals surface area contributed by atoms with E-state index in [9.17, 15) is 4.79 Å². The van der Waals surface area contributed by atoms with Crippen LogP contribution in [0.25, 0.3) is 0 Å². The molecule has 0 radical (unpaired) electrons. The fourth-order valence-electron chi connectivity index (χ4n) is 1.00. The number of aromatic nitrogens is 1. The maximum absolute atomic E-state index is 11.1. The SMILES string of the molecule is CCCCOC(=O)Cn1cccc1. The van der Waals surface area contributed by atoms with Crippen LogP contribution in [0.5, 0.6) is 0 Å². The molecule has 0 aliphatic carbocycles. The maximum Gasteiger partial charge on any atom is 0.325 e. The molecule has 1 rings (SSSR count). The predicted molar refractivity (Wildman–Crippen MR) is 50.3 cm³/mol. The molecule has 1 heterocycles. The zero-order valence-electron chi connectivity index (χ0n) is 7.90. The van der Waals surface area contributed by atoms with Crippen LogP contribution >= 0.6 is 0 Å². The van der Waals surface area contributed by atoms with Crippen molar-refractivity contribution in [3.8, 4) is 0 Å². The lowest BCUT2D eigenvalue weighted by molar-refractivity contribution is -0.144. The van der Waals surface area contributed by atoms with Gasteiger partial charge in [0.15, 0.2) is 0 Å². The van der Waals surface area contributed by atoms with Crippen molar-refractivity contribution in [1.82, 2.24) is 4.57 Å². The summed E-state index contributed by atoms with van der Waals surface area (Å²) in [6, 6.07) is 3.78. The fourth-order valence-corrected chi connectivity index (χ4v) is 1.00. The standard InChI is InChI=1S/C10H15NO2/c1-2-3-8-13-10(12)9-11-6-4-5-7-11/h4-7H,2-3,8-9H2,1H3. The van der Waals surface area contributed by atoms with Gasteiger partial charge in [-0.05, 0) is 18.6 Å². The molecular formula is C10H15NO2. The molecule has 0 atom stereocenters. The van der Waals surface area contributed by atoms with Crippen molar-refractivity contribution in [1.29, 1.82) is 0 Å². The van der Waals surface area contributed by atoms with E-state index in [1.807, 2.05) is 24.5 Å². The molecule has 0 fully saturated rings. The van der Waals surface area contributed by atoms with Gasteiger partial charge in [0.05, 0.1) is 6.61 Å². The van der Waals surface area contributed by atoms with Crippen molar-refractivity contribution in [2.45, 2.75) is 26.3 Å². The van der Waals surface area contributed by atoms with Crippen molar-refractivity contribution in [3.05, 3.63) is 24.5 Å². The third-order valence-corrected chi connectivity index (χ3v) is 1.74. The Morgan fingerprint density at radius 3 is 2.69 bits per heavy atom. The lowest BCUT2D eigenvalue weighted by atomic mass is 10.4. The number of hydrogen-bond donors (Lipinski definition) is 0. The third kappa shape index (κ3) is 3.78. The molecule has 1 aromatic heterocycles. The van der Waals surface area contributed by atoms with Gasteiger partial charge in [-0.2, -0.15) is 0 Å². The summed E-state index contributed by atoms with van der Waals surface area (Å²) in [6.07, 6.45) is 5.69. The van der Waals surface area contributed by atoms with Crippen molar-refractivity contribution in [2.24, 2.45) is 0 Å². The Kier molecular flexibility index (Phi) is 4.09. The minimum absolute atomic E-state index is 0.162. The first kappa shape index (κ1) is 9.84. The number of ether oxygens (including phenoxy) is 1. The number of unbranched alkanes of at least 4 members (excludes halogenated alkanes) is 1. The first-order valence-corrected chi connectivity index (χ1v) is 4.59. The highest BCUT2D eigenvalue weighted by Crippen LogP contribution is 1.93. The van der Waals surface area contributed by atoms with E-state index in [0.717, 1.165) is 12.8 Å². The van der Waals surface area contributed by atoms with E-state index in [1.165, 1.54) is 0 Å². The van der Waals surface area contributed by atoms with Gasteiger partial charge in [-0.3, -0.25) is 4.79 Å². The zero-order valence-corrected chi connectivity index (χ0v) is 7.90. The molecule has 0 aromatic carbocycles. The number of carbonyl (C=O) groups excluding carboxylic acids is 1. The van der Waals surface area contributed by atoms with Crippen LogP contribution in [0.1, 0.15) is 19.8 Å². The van der Waals surface area contributed by atoms with Crippen molar-refractivity contribution >= 4 is 5.97 Å². The van der Waals surface area contributed by atoms with Gasteiger partial charge >= 0.3 is 5.97 Å². The van der Waals surface area contributed by atoms with Gasteiger partial charge in [0.2, 0.25) is 0 Å². The van der Waals surface area contributed by atoms with Gasteiger partial charge in [0, 0.05) is 12.4 Å². The monoisotopic (exact) mass is 181 g/mol. The summed E-state index contributed by atoms with van der Waals surface area (Å²) in [7, 11) is 0. The summed E-state index contributed by atoms with van der Waals surface area (Å²) >= 11 is 0. The van der Waals surface area contributed by atoms with Gasteiger partial charge in [0.1, 0.15) is 6.54 Å². The molecule has 0 unspecified atom stereocenters. The zero-order chi connectivity index (χ0) is 9.52. The molecule has 1 aromatic rings. The molecule has 0 amide bonds. The van der Waals surface area contributed by atoms with E-state index >= 15 is 0 Å². The van der Waals surface area contributed by atoms with Gasteiger partial charge in [0.25, 0.3) is 0 Å². The molecule has 0 N–H and O–H groups in total. The average molecular weight is 181 g/mol. The Labute approximate surface area is 78.3 Å². The van der Waals surface area contributed by atoms with Gasteiger partial charge in [-0.15, -0.1) is 0 Å². The van der Waals surface area contributed by atoms with E-state index in [4.69, 9.17) is 4.74 Å². The van der Waals surface area contributed by atoms with Crippen LogP contribution in [0.3, 0.4) is 0 Å². The van der Waals surface area contributed by atoms with Crippen molar-refractivity contribution in [3.63, 3.8) is 0 Å². The van der Waals surface area contributed by atoms with Gasteiger partial charge in [-0.1, -0.05) is 13.3 Å². The number of carbonyl (C=O) groups is 1. The lowest BCUT2D eigenvalue weighted by Crippen LogP contribution is -2.12. The summed E-state index contributed by atoms with van der Waals surface area (Å²) in [6.45, 7) is 2.92. The van der Waals surface area contributed by atoms with Crippen LogP contribution in [-0.4, -0.2) is 17.1 Å². The molecule has 0 saturated carbocycles. The smallest absolute Gasteiger partial charge is 0.325 e.